The van der Waals surface area contributed by atoms with E-state index < -0.39 is 0 Å². The van der Waals surface area contributed by atoms with Gasteiger partial charge in [0.1, 0.15) is 0 Å². The molecule has 1 aromatic rings. The summed E-state index contributed by atoms with van der Waals surface area (Å²) in [5, 5.41) is 0. The van der Waals surface area contributed by atoms with Gasteiger partial charge in [0.05, 0.1) is 0 Å². The fourth-order valence-electron chi connectivity index (χ4n) is 0.626. The monoisotopic (exact) mass is 309 g/mol. The van der Waals surface area contributed by atoms with Crippen molar-refractivity contribution >= 4 is 3.07 Å². The average Bonchev–Trinajstić information content (AvgIpc) is 1.90. The van der Waals surface area contributed by atoms with Gasteiger partial charge in [-0.1, -0.05) is 0 Å². The van der Waals surface area contributed by atoms with Crippen LogP contribution in [0.2, 0.25) is 0 Å². The molecule has 9 heavy (non-hydrogen) atoms. The van der Waals surface area contributed by atoms with Gasteiger partial charge in [0.2, 0.25) is 0 Å². The molecule has 2 heteroatoms. The zero-order valence-electron chi connectivity index (χ0n) is 5.42. The molecule has 0 saturated carbocycles. The maximum absolute atomic E-state index is 4.99. The van der Waals surface area contributed by atoms with Crippen molar-refractivity contribution in [1.29, 1.82) is 0 Å². The van der Waals surface area contributed by atoms with E-state index in [1.54, 1.807) is 7.11 Å². The van der Waals surface area contributed by atoms with E-state index in [2.05, 4.69) is 12.1 Å². The first-order chi connectivity index (χ1) is 4.33. The topological polar surface area (TPSA) is 9.23 Å². The standard InChI is InChI=1S/C7H7O.Hg/c1-8-7-5-3-2-4-6-7;/h3-6H,1H3;/q;+1. The molecule has 0 spiro atoms. The number of ether oxygens (including phenoxy) is 1. The normalized spacial score (nSPS) is 9.22. The first-order valence-electron chi connectivity index (χ1n) is 2.79. The van der Waals surface area contributed by atoms with Gasteiger partial charge in [0.15, 0.2) is 0 Å². The molecule has 0 heterocycles. The van der Waals surface area contributed by atoms with Gasteiger partial charge in [-0.05, 0) is 0 Å². The van der Waals surface area contributed by atoms with Crippen molar-refractivity contribution in [3.8, 4) is 5.75 Å². The molecule has 1 rings (SSSR count). The van der Waals surface area contributed by atoms with Crippen LogP contribution in [-0.2, 0) is 26.1 Å². The second-order valence-corrected chi connectivity index (χ2v) is 5.02. The van der Waals surface area contributed by atoms with Gasteiger partial charge < -0.3 is 0 Å². The summed E-state index contributed by atoms with van der Waals surface area (Å²) in [7, 11) is 1.69. The Morgan fingerprint density at radius 1 is 1.22 bits per heavy atom. The molecule has 1 aromatic carbocycles. The van der Waals surface area contributed by atoms with E-state index in [0.717, 1.165) is 31.9 Å². The molecule has 0 amide bonds. The van der Waals surface area contributed by atoms with E-state index in [-0.39, 0.29) is 0 Å². The molecule has 0 aliphatic heterocycles. The fourth-order valence-corrected chi connectivity index (χ4v) is 1.54. The zero-order chi connectivity index (χ0) is 6.69. The third-order valence-electron chi connectivity index (χ3n) is 1.16. The van der Waals surface area contributed by atoms with Crippen LogP contribution in [0, 0.1) is 0 Å². The number of rotatable bonds is 1. The molecule has 0 aromatic heterocycles. The summed E-state index contributed by atoms with van der Waals surface area (Å²) in [4.78, 5) is 0. The van der Waals surface area contributed by atoms with Crippen LogP contribution in [0.5, 0.6) is 5.75 Å². The van der Waals surface area contributed by atoms with E-state index in [9.17, 15) is 0 Å². The summed E-state index contributed by atoms with van der Waals surface area (Å²) in [5.41, 5.74) is 0. The number of methoxy groups -OCH3 is 1. The number of benzene rings is 1. The van der Waals surface area contributed by atoms with Crippen molar-refractivity contribution in [3.63, 3.8) is 0 Å². The average molecular weight is 308 g/mol. The molecule has 0 unspecified atom stereocenters. The Morgan fingerprint density at radius 2 is 1.78 bits per heavy atom. The van der Waals surface area contributed by atoms with Crippen molar-refractivity contribution in [2.45, 2.75) is 0 Å². The molecule has 0 N–H and O–H groups in total. The van der Waals surface area contributed by atoms with Crippen LogP contribution in [-0.4, -0.2) is 7.11 Å². The van der Waals surface area contributed by atoms with Crippen LogP contribution in [0.25, 0.3) is 0 Å². The third-order valence-corrected chi connectivity index (χ3v) is 2.99. The molecule has 0 atom stereocenters. The van der Waals surface area contributed by atoms with Crippen molar-refractivity contribution in [2.24, 2.45) is 0 Å². The molecule has 0 aliphatic carbocycles. The van der Waals surface area contributed by atoms with Crippen LogP contribution in [0.3, 0.4) is 0 Å². The predicted molar refractivity (Wildman–Crippen MR) is 32.6 cm³/mol. The van der Waals surface area contributed by atoms with Gasteiger partial charge in [-0.15, -0.1) is 0 Å². The van der Waals surface area contributed by atoms with Gasteiger partial charge in [-0.3, -0.25) is 0 Å². The first kappa shape index (κ1) is 7.07. The van der Waals surface area contributed by atoms with Gasteiger partial charge in [0.25, 0.3) is 0 Å². The minimum absolute atomic E-state index is 0.744. The van der Waals surface area contributed by atoms with E-state index in [1.807, 2.05) is 12.1 Å². The molecular weight excluding hydrogens is 301 g/mol. The zero-order valence-corrected chi connectivity index (χ0v) is 10.9. The summed E-state index contributed by atoms with van der Waals surface area (Å²) < 4.78 is 6.45. The Kier molecular flexibility index (Phi) is 2.52. The van der Waals surface area contributed by atoms with Gasteiger partial charge >= 0.3 is 71.1 Å². The molecule has 0 fully saturated rings. The Labute approximate surface area is 71.0 Å². The van der Waals surface area contributed by atoms with Gasteiger partial charge in [0, 0.05) is 0 Å². The van der Waals surface area contributed by atoms with Crippen LogP contribution in [0.15, 0.2) is 24.3 Å². The molecule has 42 valence electrons. The van der Waals surface area contributed by atoms with Crippen molar-refractivity contribution in [2.75, 3.05) is 7.11 Å². The van der Waals surface area contributed by atoms with E-state index in [0.29, 0.717) is 0 Å². The Hall–Kier alpha value is -0.0449. The van der Waals surface area contributed by atoms with Crippen LogP contribution < -0.4 is 7.81 Å². The number of hydrogen-bond acceptors (Lipinski definition) is 1. The Balaban J connectivity index is 2.88. The van der Waals surface area contributed by atoms with Crippen molar-refractivity contribution in [3.05, 3.63) is 24.3 Å². The Bertz CT molecular complexity index is 181. The summed E-state index contributed by atoms with van der Waals surface area (Å²) in [6, 6.07) is 8.23. The fraction of sp³-hybridized carbons (Fsp3) is 0.143. The van der Waals surface area contributed by atoms with Crippen LogP contribution in [0.4, 0.5) is 0 Å². The van der Waals surface area contributed by atoms with Crippen molar-refractivity contribution in [1.82, 2.24) is 0 Å². The molecule has 0 saturated heterocycles. The predicted octanol–water partition coefficient (Wildman–Crippen LogP) is 0.867. The quantitative estimate of drug-likeness (QED) is 0.700. The Morgan fingerprint density at radius 3 is 2.22 bits per heavy atom. The maximum atomic E-state index is 4.99. The molecule has 0 aliphatic rings. The summed E-state index contributed by atoms with van der Waals surface area (Å²) in [6.07, 6.45) is 0. The molecule has 1 nitrogen and oxygen atoms in total. The molecule has 0 radical (unpaired) electrons. The summed E-state index contributed by atoms with van der Waals surface area (Å²) >= 11 is 0.744. The molecular formula is C7H7HgO+. The van der Waals surface area contributed by atoms with E-state index in [1.165, 1.54) is 3.07 Å². The second kappa shape index (κ2) is 3.21. The summed E-state index contributed by atoms with van der Waals surface area (Å²) in [6.45, 7) is 0. The molecule has 0 bridgehead atoms. The van der Waals surface area contributed by atoms with Crippen LogP contribution in [0.1, 0.15) is 0 Å². The van der Waals surface area contributed by atoms with Gasteiger partial charge in [-0.2, -0.15) is 0 Å². The SMILES string of the molecule is COc1cc[c]([Hg+])cc1. The van der Waals surface area contributed by atoms with Crippen LogP contribution >= 0.6 is 0 Å². The van der Waals surface area contributed by atoms with E-state index in [4.69, 9.17) is 4.74 Å². The first-order valence-corrected chi connectivity index (χ1v) is 5.54. The van der Waals surface area contributed by atoms with Crippen molar-refractivity contribution < 1.29 is 30.9 Å². The summed E-state index contributed by atoms with van der Waals surface area (Å²) in [5.74, 6) is 0.948. The minimum atomic E-state index is 0.744. The third kappa shape index (κ3) is 1.97. The van der Waals surface area contributed by atoms with Gasteiger partial charge in [-0.25, -0.2) is 0 Å². The van der Waals surface area contributed by atoms with E-state index >= 15 is 0 Å². The number of hydrogen-bond donors (Lipinski definition) is 0. The second-order valence-electron chi connectivity index (χ2n) is 1.85.